The number of nitrogens with one attached hydrogen (secondary N) is 1. The Balaban J connectivity index is 2.08. The normalized spacial score (nSPS) is 13.1. The average molecular weight is 265 g/mol. The van der Waals surface area contributed by atoms with Gasteiger partial charge in [0.05, 0.1) is 22.8 Å². The molecule has 1 atom stereocenters. The lowest BCUT2D eigenvalue weighted by Crippen LogP contribution is -2.22. The van der Waals surface area contributed by atoms with Crippen molar-refractivity contribution >= 4 is 11.5 Å². The maximum absolute atomic E-state index is 4.58. The topological polar surface area (TPSA) is 55.6 Å². The third-order valence-corrected chi connectivity index (χ3v) is 3.55. The Morgan fingerprint density at radius 3 is 2.83 bits per heavy atom. The molecular weight excluding hydrogens is 246 g/mol. The molecule has 0 aliphatic carbocycles. The largest absolute Gasteiger partial charge is 0.309 e. The number of nitrogens with zero attached hydrogens (tertiary/aromatic N) is 4. The highest BCUT2D eigenvalue weighted by molar-refractivity contribution is 7.05. The van der Waals surface area contributed by atoms with Crippen LogP contribution < -0.4 is 5.32 Å². The van der Waals surface area contributed by atoms with Gasteiger partial charge in [0.15, 0.2) is 0 Å². The van der Waals surface area contributed by atoms with Crippen molar-refractivity contribution in [3.63, 3.8) is 0 Å². The molecule has 0 aliphatic heterocycles. The van der Waals surface area contributed by atoms with Gasteiger partial charge in [-0.15, -0.1) is 5.10 Å². The van der Waals surface area contributed by atoms with Gasteiger partial charge in [-0.25, -0.2) is 0 Å². The first kappa shape index (κ1) is 13.2. The Bertz CT molecular complexity index is 463. The Hall–Kier alpha value is -1.27. The molecular formula is C12H19N5S. The van der Waals surface area contributed by atoms with Crippen molar-refractivity contribution in [3.8, 4) is 0 Å². The molecule has 0 aliphatic rings. The van der Waals surface area contributed by atoms with Crippen LogP contribution in [0.5, 0.6) is 0 Å². The van der Waals surface area contributed by atoms with Crippen molar-refractivity contribution in [2.75, 3.05) is 6.54 Å². The standard InChI is InChI=1S/C12H19N5S/c1-4-13-11(12-8-14-16-18-12)7-10-5-6-17(15-10)9(2)3/h5-6,8-9,11,13H,4,7H2,1-3H3. The predicted molar refractivity (Wildman–Crippen MR) is 72.6 cm³/mol. The summed E-state index contributed by atoms with van der Waals surface area (Å²) in [5.74, 6) is 0. The quantitative estimate of drug-likeness (QED) is 0.870. The third kappa shape index (κ3) is 3.14. The summed E-state index contributed by atoms with van der Waals surface area (Å²) in [5.41, 5.74) is 1.10. The molecule has 0 saturated heterocycles. The summed E-state index contributed by atoms with van der Waals surface area (Å²) in [7, 11) is 0. The number of rotatable bonds is 6. The molecule has 18 heavy (non-hydrogen) atoms. The second-order valence-corrected chi connectivity index (χ2v) is 5.33. The van der Waals surface area contributed by atoms with Crippen LogP contribution >= 0.6 is 11.5 Å². The van der Waals surface area contributed by atoms with E-state index >= 15 is 0 Å². The first-order valence-corrected chi connectivity index (χ1v) is 7.02. The summed E-state index contributed by atoms with van der Waals surface area (Å²) >= 11 is 1.45. The minimum atomic E-state index is 0.255. The number of hydrogen-bond acceptors (Lipinski definition) is 5. The van der Waals surface area contributed by atoms with E-state index in [9.17, 15) is 0 Å². The van der Waals surface area contributed by atoms with Crippen LogP contribution in [0, 0.1) is 0 Å². The van der Waals surface area contributed by atoms with Gasteiger partial charge in [0.1, 0.15) is 0 Å². The fraction of sp³-hybridized carbons (Fsp3) is 0.583. The van der Waals surface area contributed by atoms with E-state index in [2.05, 4.69) is 46.8 Å². The molecule has 2 heterocycles. The van der Waals surface area contributed by atoms with E-state index in [1.54, 1.807) is 0 Å². The smallest absolute Gasteiger partial charge is 0.0669 e. The molecule has 2 rings (SSSR count). The second kappa shape index (κ2) is 6.06. The van der Waals surface area contributed by atoms with Crippen LogP contribution in [-0.4, -0.2) is 25.9 Å². The molecule has 98 valence electrons. The highest BCUT2D eigenvalue weighted by Gasteiger charge is 2.15. The van der Waals surface area contributed by atoms with Gasteiger partial charge < -0.3 is 5.32 Å². The third-order valence-electron chi connectivity index (χ3n) is 2.78. The van der Waals surface area contributed by atoms with Gasteiger partial charge in [0.2, 0.25) is 0 Å². The van der Waals surface area contributed by atoms with E-state index in [0.29, 0.717) is 6.04 Å². The van der Waals surface area contributed by atoms with Gasteiger partial charge in [-0.05, 0) is 38.0 Å². The minimum Gasteiger partial charge on any atom is -0.309 e. The molecule has 2 aromatic rings. The average Bonchev–Trinajstić information content (AvgIpc) is 2.99. The molecule has 6 heteroatoms. The second-order valence-electron chi connectivity index (χ2n) is 4.52. The Morgan fingerprint density at radius 2 is 2.28 bits per heavy atom. The minimum absolute atomic E-state index is 0.255. The van der Waals surface area contributed by atoms with Crippen LogP contribution in [0.4, 0.5) is 0 Å². The Morgan fingerprint density at radius 1 is 1.44 bits per heavy atom. The molecule has 2 aromatic heterocycles. The van der Waals surface area contributed by atoms with Crippen molar-refractivity contribution in [3.05, 3.63) is 29.0 Å². The van der Waals surface area contributed by atoms with E-state index in [1.165, 1.54) is 11.5 Å². The van der Waals surface area contributed by atoms with Crippen LogP contribution in [0.3, 0.4) is 0 Å². The SMILES string of the molecule is CCNC(Cc1ccn(C(C)C)n1)c1cnns1. The van der Waals surface area contributed by atoms with Crippen LogP contribution in [0.15, 0.2) is 18.5 Å². The van der Waals surface area contributed by atoms with E-state index in [1.807, 2.05) is 17.1 Å². The maximum Gasteiger partial charge on any atom is 0.0669 e. The molecule has 1 unspecified atom stereocenters. The van der Waals surface area contributed by atoms with Gasteiger partial charge in [-0.1, -0.05) is 11.4 Å². The van der Waals surface area contributed by atoms with E-state index in [4.69, 9.17) is 0 Å². The molecule has 0 saturated carbocycles. The highest BCUT2D eigenvalue weighted by atomic mass is 32.1. The van der Waals surface area contributed by atoms with Gasteiger partial charge >= 0.3 is 0 Å². The molecule has 5 nitrogen and oxygen atoms in total. The molecule has 0 aromatic carbocycles. The Kier molecular flexibility index (Phi) is 4.43. The van der Waals surface area contributed by atoms with Crippen molar-refractivity contribution in [2.24, 2.45) is 0 Å². The first-order valence-electron chi connectivity index (χ1n) is 6.25. The zero-order chi connectivity index (χ0) is 13.0. The Labute approximate surface area is 111 Å². The zero-order valence-corrected chi connectivity index (χ0v) is 11.8. The summed E-state index contributed by atoms with van der Waals surface area (Å²) in [6.07, 6.45) is 4.74. The van der Waals surface area contributed by atoms with E-state index in [-0.39, 0.29) is 6.04 Å². The van der Waals surface area contributed by atoms with Crippen LogP contribution in [0.25, 0.3) is 0 Å². The summed E-state index contributed by atoms with van der Waals surface area (Å²) in [5, 5.41) is 11.9. The lowest BCUT2D eigenvalue weighted by molar-refractivity contribution is 0.509. The molecule has 0 bridgehead atoms. The summed E-state index contributed by atoms with van der Waals surface area (Å²) in [6, 6.07) is 2.74. The first-order chi connectivity index (χ1) is 8.70. The molecule has 0 spiro atoms. The zero-order valence-electron chi connectivity index (χ0n) is 11.0. The van der Waals surface area contributed by atoms with Crippen molar-refractivity contribution in [2.45, 2.75) is 39.3 Å². The van der Waals surface area contributed by atoms with Crippen molar-refractivity contribution in [1.82, 2.24) is 24.7 Å². The van der Waals surface area contributed by atoms with Crippen molar-refractivity contribution in [1.29, 1.82) is 0 Å². The van der Waals surface area contributed by atoms with Crippen LogP contribution in [-0.2, 0) is 6.42 Å². The predicted octanol–water partition coefficient (Wildman–Crippen LogP) is 2.21. The highest BCUT2D eigenvalue weighted by Crippen LogP contribution is 2.20. The number of likely N-dealkylation sites (N-methyl/N-ethyl adjacent to an activating group) is 1. The summed E-state index contributed by atoms with van der Waals surface area (Å²) in [6.45, 7) is 7.29. The van der Waals surface area contributed by atoms with Crippen LogP contribution in [0.1, 0.15) is 43.4 Å². The maximum atomic E-state index is 4.58. The van der Waals surface area contributed by atoms with Crippen molar-refractivity contribution < 1.29 is 0 Å². The fourth-order valence-electron chi connectivity index (χ4n) is 1.83. The summed E-state index contributed by atoms with van der Waals surface area (Å²) in [4.78, 5) is 1.16. The molecule has 0 radical (unpaired) electrons. The van der Waals surface area contributed by atoms with Gasteiger partial charge in [0, 0.05) is 18.7 Å². The number of aromatic nitrogens is 4. The van der Waals surface area contributed by atoms with Crippen LogP contribution in [0.2, 0.25) is 0 Å². The van der Waals surface area contributed by atoms with Gasteiger partial charge in [-0.3, -0.25) is 4.68 Å². The molecule has 1 N–H and O–H groups in total. The van der Waals surface area contributed by atoms with Gasteiger partial charge in [-0.2, -0.15) is 5.10 Å². The van der Waals surface area contributed by atoms with Gasteiger partial charge in [0.25, 0.3) is 0 Å². The lowest BCUT2D eigenvalue weighted by Gasteiger charge is -2.13. The monoisotopic (exact) mass is 265 g/mol. The molecule has 0 fully saturated rings. The summed E-state index contributed by atoms with van der Waals surface area (Å²) < 4.78 is 5.92. The van der Waals surface area contributed by atoms with E-state index in [0.717, 1.165) is 23.5 Å². The molecule has 0 amide bonds. The fourth-order valence-corrected chi connectivity index (χ4v) is 2.41. The number of hydrogen-bond donors (Lipinski definition) is 1. The lowest BCUT2D eigenvalue weighted by atomic mass is 10.1. The van der Waals surface area contributed by atoms with E-state index < -0.39 is 0 Å².